The van der Waals surface area contributed by atoms with Crippen molar-refractivity contribution in [3.05, 3.63) is 0 Å². The average Bonchev–Trinajstić information content (AvgIpc) is 2.25. The molecule has 6 nitrogen and oxygen atoms in total. The van der Waals surface area contributed by atoms with Gasteiger partial charge in [0.05, 0.1) is 11.5 Å². The Balaban J connectivity index is 2.44. The number of hydrogen-bond donors (Lipinski definition) is 2. The summed E-state index contributed by atoms with van der Waals surface area (Å²) in [5.41, 5.74) is 7.21. The predicted octanol–water partition coefficient (Wildman–Crippen LogP) is 0.623. The third-order valence-electron chi connectivity index (χ3n) is 2.56. The molecule has 98 valence electrons. The molecule has 1 fully saturated rings. The number of urea groups is 1. The normalized spacial score (nSPS) is 21.1. The number of hydrogen-bond acceptors (Lipinski definition) is 3. The Morgan fingerprint density at radius 2 is 2.06 bits per heavy atom. The monoisotopic (exact) mass is 243 g/mol. The summed E-state index contributed by atoms with van der Waals surface area (Å²) in [6.07, 6.45) is 1.54. The summed E-state index contributed by atoms with van der Waals surface area (Å²) in [6.45, 7) is 6.55. The third kappa shape index (κ3) is 4.60. The third-order valence-corrected chi connectivity index (χ3v) is 2.56. The van der Waals surface area contributed by atoms with E-state index in [1.807, 2.05) is 20.8 Å². The first-order chi connectivity index (χ1) is 7.79. The number of nitrogens with two attached hydrogens (primary N) is 1. The molecule has 0 aromatic heterocycles. The molecular weight excluding hydrogens is 222 g/mol. The first-order valence-corrected chi connectivity index (χ1v) is 5.82. The number of nitrogens with one attached hydrogen (secondary N) is 1. The summed E-state index contributed by atoms with van der Waals surface area (Å²) in [6, 6.07) is -0.473. The van der Waals surface area contributed by atoms with E-state index in [0.29, 0.717) is 13.1 Å². The minimum Gasteiger partial charge on any atom is -0.351 e. The summed E-state index contributed by atoms with van der Waals surface area (Å²) in [5.74, 6) is -0.426. The van der Waals surface area contributed by atoms with Crippen molar-refractivity contribution in [2.75, 3.05) is 13.1 Å². The van der Waals surface area contributed by atoms with E-state index in [4.69, 9.17) is 10.6 Å². The van der Waals surface area contributed by atoms with Crippen LogP contribution in [0.5, 0.6) is 0 Å². The zero-order valence-corrected chi connectivity index (χ0v) is 10.7. The Morgan fingerprint density at radius 3 is 2.59 bits per heavy atom. The van der Waals surface area contributed by atoms with Crippen molar-refractivity contribution in [3.8, 4) is 0 Å². The topological polar surface area (TPSA) is 84.7 Å². The quantitative estimate of drug-likeness (QED) is 0.697. The highest BCUT2D eigenvalue weighted by molar-refractivity contribution is 5.79. The summed E-state index contributed by atoms with van der Waals surface area (Å²) in [4.78, 5) is 29.5. The van der Waals surface area contributed by atoms with Crippen LogP contribution in [0, 0.1) is 5.92 Å². The molecule has 1 saturated heterocycles. The van der Waals surface area contributed by atoms with E-state index in [1.165, 1.54) is 4.90 Å². The van der Waals surface area contributed by atoms with E-state index in [1.54, 1.807) is 0 Å². The molecule has 0 aliphatic carbocycles. The Labute approximate surface area is 101 Å². The standard InChI is InChI=1S/C11H21N3O3/c1-11(2,3)17-13-9(15)8-5-4-6-14(7-8)10(12)16/h8H,4-7H2,1-3H3,(H2,12,16)(H,13,15). The summed E-state index contributed by atoms with van der Waals surface area (Å²) < 4.78 is 0. The maximum absolute atomic E-state index is 11.8. The van der Waals surface area contributed by atoms with Gasteiger partial charge in [-0.1, -0.05) is 0 Å². The van der Waals surface area contributed by atoms with Crippen LogP contribution < -0.4 is 11.2 Å². The first kappa shape index (κ1) is 13.8. The molecule has 0 spiro atoms. The number of nitrogens with zero attached hydrogens (tertiary/aromatic N) is 1. The Hall–Kier alpha value is -1.30. The van der Waals surface area contributed by atoms with Gasteiger partial charge in [0.15, 0.2) is 0 Å². The van der Waals surface area contributed by atoms with Crippen LogP contribution in [-0.4, -0.2) is 35.5 Å². The molecule has 1 aliphatic heterocycles. The molecule has 1 rings (SSSR count). The Morgan fingerprint density at radius 1 is 1.41 bits per heavy atom. The molecular formula is C11H21N3O3. The van der Waals surface area contributed by atoms with Crippen molar-refractivity contribution in [2.45, 2.75) is 39.2 Å². The van der Waals surface area contributed by atoms with Crippen molar-refractivity contribution in [2.24, 2.45) is 11.7 Å². The summed E-state index contributed by atoms with van der Waals surface area (Å²) >= 11 is 0. The van der Waals surface area contributed by atoms with E-state index in [9.17, 15) is 9.59 Å². The Bertz CT molecular complexity index is 299. The van der Waals surface area contributed by atoms with Crippen LogP contribution in [-0.2, 0) is 9.63 Å². The highest BCUT2D eigenvalue weighted by Gasteiger charge is 2.28. The van der Waals surface area contributed by atoms with Crippen molar-refractivity contribution in [3.63, 3.8) is 0 Å². The predicted molar refractivity (Wildman–Crippen MR) is 62.9 cm³/mol. The molecule has 3 amide bonds. The lowest BCUT2D eigenvalue weighted by atomic mass is 9.98. The first-order valence-electron chi connectivity index (χ1n) is 5.82. The van der Waals surface area contributed by atoms with Crippen LogP contribution >= 0.6 is 0 Å². The van der Waals surface area contributed by atoms with Gasteiger partial charge in [-0.15, -0.1) is 0 Å². The molecule has 1 atom stereocenters. The lowest BCUT2D eigenvalue weighted by molar-refractivity contribution is -0.151. The largest absolute Gasteiger partial charge is 0.351 e. The van der Waals surface area contributed by atoms with E-state index >= 15 is 0 Å². The number of primary amides is 1. The van der Waals surface area contributed by atoms with Crippen molar-refractivity contribution >= 4 is 11.9 Å². The number of amides is 3. The van der Waals surface area contributed by atoms with Gasteiger partial charge >= 0.3 is 6.03 Å². The number of rotatable bonds is 2. The zero-order valence-electron chi connectivity index (χ0n) is 10.7. The summed E-state index contributed by atoms with van der Waals surface area (Å²) in [7, 11) is 0. The molecule has 1 unspecified atom stereocenters. The Kier molecular flexibility index (Phi) is 4.34. The lowest BCUT2D eigenvalue weighted by Crippen LogP contribution is -2.48. The van der Waals surface area contributed by atoms with Gasteiger partial charge in [0.2, 0.25) is 5.91 Å². The van der Waals surface area contributed by atoms with Crippen molar-refractivity contribution in [1.29, 1.82) is 0 Å². The van der Waals surface area contributed by atoms with Gasteiger partial charge in [-0.25, -0.2) is 10.3 Å². The van der Waals surface area contributed by atoms with Crippen molar-refractivity contribution < 1.29 is 14.4 Å². The van der Waals surface area contributed by atoms with Gasteiger partial charge in [0.1, 0.15) is 0 Å². The molecule has 1 heterocycles. The molecule has 0 saturated carbocycles. The molecule has 17 heavy (non-hydrogen) atoms. The van der Waals surface area contributed by atoms with Gasteiger partial charge in [-0.2, -0.15) is 0 Å². The van der Waals surface area contributed by atoms with Crippen LogP contribution in [0.15, 0.2) is 0 Å². The van der Waals surface area contributed by atoms with Gasteiger partial charge in [0, 0.05) is 13.1 Å². The van der Waals surface area contributed by atoms with Gasteiger partial charge in [-0.05, 0) is 33.6 Å². The number of carbonyl (C=O) groups excluding carboxylic acids is 2. The SMILES string of the molecule is CC(C)(C)ONC(=O)C1CCCN(C(N)=O)C1. The lowest BCUT2D eigenvalue weighted by Gasteiger charge is -2.31. The van der Waals surface area contributed by atoms with Crippen LogP contribution in [0.4, 0.5) is 4.79 Å². The molecule has 1 aliphatic rings. The summed E-state index contributed by atoms with van der Waals surface area (Å²) in [5, 5.41) is 0. The number of carbonyl (C=O) groups is 2. The number of hydroxylamine groups is 1. The second kappa shape index (κ2) is 5.35. The smallest absolute Gasteiger partial charge is 0.314 e. The van der Waals surface area contributed by atoms with Crippen LogP contribution in [0.25, 0.3) is 0 Å². The number of likely N-dealkylation sites (tertiary alicyclic amines) is 1. The van der Waals surface area contributed by atoms with E-state index in [2.05, 4.69) is 5.48 Å². The highest BCUT2D eigenvalue weighted by atomic mass is 16.7. The zero-order chi connectivity index (χ0) is 13.1. The fourth-order valence-electron chi connectivity index (χ4n) is 1.68. The second-order valence-corrected chi connectivity index (χ2v) is 5.30. The highest BCUT2D eigenvalue weighted by Crippen LogP contribution is 2.16. The fraction of sp³-hybridized carbons (Fsp3) is 0.818. The molecule has 0 radical (unpaired) electrons. The molecule has 0 aromatic rings. The second-order valence-electron chi connectivity index (χ2n) is 5.30. The molecule has 6 heteroatoms. The van der Waals surface area contributed by atoms with Crippen molar-refractivity contribution in [1.82, 2.24) is 10.4 Å². The van der Waals surface area contributed by atoms with Crippen LogP contribution in [0.3, 0.4) is 0 Å². The molecule has 0 bridgehead atoms. The van der Waals surface area contributed by atoms with Gasteiger partial charge < -0.3 is 10.6 Å². The molecule has 0 aromatic carbocycles. The maximum Gasteiger partial charge on any atom is 0.314 e. The van der Waals surface area contributed by atoms with E-state index in [0.717, 1.165) is 12.8 Å². The number of piperidine rings is 1. The maximum atomic E-state index is 11.8. The molecule has 3 N–H and O–H groups in total. The minimum absolute atomic E-state index is 0.189. The average molecular weight is 243 g/mol. The van der Waals surface area contributed by atoms with Crippen LogP contribution in [0.1, 0.15) is 33.6 Å². The van der Waals surface area contributed by atoms with E-state index in [-0.39, 0.29) is 11.8 Å². The van der Waals surface area contributed by atoms with Gasteiger partial charge in [0.25, 0.3) is 0 Å². The fourth-order valence-corrected chi connectivity index (χ4v) is 1.68. The van der Waals surface area contributed by atoms with Crippen LogP contribution in [0.2, 0.25) is 0 Å². The van der Waals surface area contributed by atoms with E-state index < -0.39 is 11.6 Å². The minimum atomic E-state index is -0.473. The van der Waals surface area contributed by atoms with Gasteiger partial charge in [-0.3, -0.25) is 9.63 Å².